The van der Waals surface area contributed by atoms with E-state index >= 15 is 0 Å². The average molecular weight is 490 g/mol. The van der Waals surface area contributed by atoms with Crippen LogP contribution in [0.2, 0.25) is 10.0 Å². The summed E-state index contributed by atoms with van der Waals surface area (Å²) in [4.78, 5) is 1.99. The standard InChI is InChI=1S/C26H29Cl2NO4/c27-21-12-11-20(26(28)15-21)13-14-29(16-22(30)18-32-24-7-3-1-4-8-24)17-23(31)19-33-25-9-5-2-6-10-25/h1-12,15,22-23,30-31H,13-14,16-19H2/t22-,23-/m1/s1. The number of para-hydroxylation sites is 2. The van der Waals surface area contributed by atoms with E-state index in [9.17, 15) is 10.2 Å². The molecule has 0 aliphatic heterocycles. The molecule has 0 saturated heterocycles. The largest absolute Gasteiger partial charge is 0.491 e. The summed E-state index contributed by atoms with van der Waals surface area (Å²) >= 11 is 12.3. The third kappa shape index (κ3) is 9.24. The van der Waals surface area contributed by atoms with E-state index in [4.69, 9.17) is 32.7 Å². The summed E-state index contributed by atoms with van der Waals surface area (Å²) < 4.78 is 11.3. The predicted octanol–water partition coefficient (Wildman–Crippen LogP) is 4.72. The number of benzene rings is 3. The fourth-order valence-corrected chi connectivity index (χ4v) is 3.88. The summed E-state index contributed by atoms with van der Waals surface area (Å²) in [6.45, 7) is 1.56. The van der Waals surface area contributed by atoms with Crippen LogP contribution in [0.4, 0.5) is 0 Å². The van der Waals surface area contributed by atoms with Crippen molar-refractivity contribution in [3.8, 4) is 11.5 Å². The molecule has 2 atom stereocenters. The minimum absolute atomic E-state index is 0.152. The number of hydrogen-bond acceptors (Lipinski definition) is 5. The van der Waals surface area contributed by atoms with Gasteiger partial charge in [-0.1, -0.05) is 65.7 Å². The second-order valence-corrected chi connectivity index (χ2v) is 8.64. The zero-order valence-corrected chi connectivity index (χ0v) is 19.8. The van der Waals surface area contributed by atoms with Gasteiger partial charge in [0.05, 0.1) is 0 Å². The minimum atomic E-state index is -0.729. The maximum Gasteiger partial charge on any atom is 0.119 e. The van der Waals surface area contributed by atoms with Gasteiger partial charge in [0.1, 0.15) is 36.9 Å². The quantitative estimate of drug-likeness (QED) is 0.363. The van der Waals surface area contributed by atoms with Crippen molar-refractivity contribution in [2.75, 3.05) is 32.8 Å². The molecular weight excluding hydrogens is 461 g/mol. The molecule has 0 spiro atoms. The predicted molar refractivity (Wildman–Crippen MR) is 132 cm³/mol. The number of aliphatic hydroxyl groups is 2. The van der Waals surface area contributed by atoms with Crippen LogP contribution in [0, 0.1) is 0 Å². The molecule has 3 aromatic carbocycles. The van der Waals surface area contributed by atoms with E-state index in [0.29, 0.717) is 47.6 Å². The Labute approximate surface area is 205 Å². The van der Waals surface area contributed by atoms with Gasteiger partial charge < -0.3 is 19.7 Å². The van der Waals surface area contributed by atoms with Crippen LogP contribution < -0.4 is 9.47 Å². The van der Waals surface area contributed by atoms with Gasteiger partial charge in [-0.25, -0.2) is 0 Å². The number of nitrogens with zero attached hydrogens (tertiary/aromatic N) is 1. The van der Waals surface area contributed by atoms with E-state index in [1.54, 1.807) is 12.1 Å². The van der Waals surface area contributed by atoms with E-state index in [2.05, 4.69) is 0 Å². The smallest absolute Gasteiger partial charge is 0.119 e. The van der Waals surface area contributed by atoms with Crippen LogP contribution in [-0.4, -0.2) is 60.2 Å². The van der Waals surface area contributed by atoms with Crippen molar-refractivity contribution in [3.63, 3.8) is 0 Å². The molecule has 0 fully saturated rings. The van der Waals surface area contributed by atoms with Gasteiger partial charge in [-0.2, -0.15) is 0 Å². The normalized spacial score (nSPS) is 13.0. The third-order valence-electron chi connectivity index (χ3n) is 5.02. The Hall–Kier alpha value is -2.28. The highest BCUT2D eigenvalue weighted by Crippen LogP contribution is 2.21. The lowest BCUT2D eigenvalue weighted by molar-refractivity contribution is 0.0318. The first-order valence-corrected chi connectivity index (χ1v) is 11.6. The zero-order valence-electron chi connectivity index (χ0n) is 18.3. The first-order chi connectivity index (χ1) is 16.0. The molecule has 7 heteroatoms. The molecule has 0 aliphatic rings. The van der Waals surface area contributed by atoms with Crippen molar-refractivity contribution in [1.29, 1.82) is 0 Å². The molecule has 0 amide bonds. The molecule has 0 bridgehead atoms. The molecule has 0 aromatic heterocycles. The summed E-state index contributed by atoms with van der Waals surface area (Å²) in [6, 6.07) is 24.1. The van der Waals surface area contributed by atoms with E-state index in [0.717, 1.165) is 5.56 Å². The van der Waals surface area contributed by atoms with Gasteiger partial charge in [0.25, 0.3) is 0 Å². The van der Waals surface area contributed by atoms with E-state index in [1.165, 1.54) is 0 Å². The Morgan fingerprint density at radius 1 is 0.727 bits per heavy atom. The fraction of sp³-hybridized carbons (Fsp3) is 0.308. The van der Waals surface area contributed by atoms with Crippen molar-refractivity contribution in [2.24, 2.45) is 0 Å². The number of rotatable bonds is 13. The third-order valence-corrected chi connectivity index (χ3v) is 5.61. The second kappa shape index (κ2) is 13.4. The van der Waals surface area contributed by atoms with Gasteiger partial charge in [-0.05, 0) is 48.4 Å². The Kier molecular flexibility index (Phi) is 10.3. The van der Waals surface area contributed by atoms with Crippen molar-refractivity contribution in [2.45, 2.75) is 18.6 Å². The Balaban J connectivity index is 1.56. The molecule has 0 aliphatic carbocycles. The number of aliphatic hydroxyl groups excluding tert-OH is 2. The van der Waals surface area contributed by atoms with Crippen LogP contribution in [0.25, 0.3) is 0 Å². The first-order valence-electron chi connectivity index (χ1n) is 10.9. The summed E-state index contributed by atoms with van der Waals surface area (Å²) in [5.74, 6) is 1.40. The van der Waals surface area contributed by atoms with Crippen molar-refractivity contribution in [1.82, 2.24) is 4.90 Å². The SMILES string of the molecule is O[C@@H](COc1ccccc1)CN(CCc1ccc(Cl)cc1Cl)C[C@@H](O)COc1ccccc1. The molecule has 3 rings (SSSR count). The van der Waals surface area contributed by atoms with E-state index < -0.39 is 12.2 Å². The summed E-state index contributed by atoms with van der Waals surface area (Å²) in [7, 11) is 0. The van der Waals surface area contributed by atoms with Crippen LogP contribution >= 0.6 is 23.2 Å². The first kappa shape index (κ1) is 25.3. The highest BCUT2D eigenvalue weighted by Gasteiger charge is 2.18. The van der Waals surface area contributed by atoms with Gasteiger partial charge in [0.15, 0.2) is 0 Å². The Morgan fingerprint density at radius 3 is 1.73 bits per heavy atom. The van der Waals surface area contributed by atoms with Gasteiger partial charge >= 0.3 is 0 Å². The Morgan fingerprint density at radius 2 is 1.24 bits per heavy atom. The number of hydrogen-bond donors (Lipinski definition) is 2. The van der Waals surface area contributed by atoms with Gasteiger partial charge in [-0.15, -0.1) is 0 Å². The highest BCUT2D eigenvalue weighted by atomic mass is 35.5. The van der Waals surface area contributed by atoms with E-state index in [1.807, 2.05) is 71.6 Å². The van der Waals surface area contributed by atoms with Crippen molar-refractivity contribution < 1.29 is 19.7 Å². The molecule has 0 heterocycles. The fourth-order valence-electron chi connectivity index (χ4n) is 3.38. The highest BCUT2D eigenvalue weighted by molar-refractivity contribution is 6.35. The van der Waals surface area contributed by atoms with Crippen molar-refractivity contribution in [3.05, 3.63) is 94.5 Å². The maximum atomic E-state index is 10.6. The molecule has 5 nitrogen and oxygen atoms in total. The van der Waals surface area contributed by atoms with Crippen LogP contribution in [-0.2, 0) is 6.42 Å². The van der Waals surface area contributed by atoms with Gasteiger partial charge in [-0.3, -0.25) is 4.90 Å². The number of halogens is 2. The lowest BCUT2D eigenvalue weighted by Gasteiger charge is -2.27. The molecular formula is C26H29Cl2NO4. The Bertz CT molecular complexity index is 908. The minimum Gasteiger partial charge on any atom is -0.491 e. The molecule has 3 aromatic rings. The molecule has 0 unspecified atom stereocenters. The summed E-state index contributed by atoms with van der Waals surface area (Å²) in [5, 5.41) is 22.3. The zero-order chi connectivity index (χ0) is 23.5. The average Bonchev–Trinajstić information content (AvgIpc) is 2.82. The summed E-state index contributed by atoms with van der Waals surface area (Å²) in [6.07, 6.45) is -0.810. The van der Waals surface area contributed by atoms with E-state index in [-0.39, 0.29) is 13.2 Å². The number of ether oxygens (including phenoxy) is 2. The molecule has 2 N–H and O–H groups in total. The molecule has 0 radical (unpaired) electrons. The van der Waals surface area contributed by atoms with Gasteiger partial charge in [0, 0.05) is 29.7 Å². The van der Waals surface area contributed by atoms with Crippen LogP contribution in [0.3, 0.4) is 0 Å². The monoisotopic (exact) mass is 489 g/mol. The lowest BCUT2D eigenvalue weighted by atomic mass is 10.1. The van der Waals surface area contributed by atoms with Gasteiger partial charge in [0.2, 0.25) is 0 Å². The summed E-state index contributed by atoms with van der Waals surface area (Å²) in [5.41, 5.74) is 0.955. The second-order valence-electron chi connectivity index (χ2n) is 7.80. The van der Waals surface area contributed by atoms with Crippen LogP contribution in [0.15, 0.2) is 78.9 Å². The topological polar surface area (TPSA) is 62.2 Å². The van der Waals surface area contributed by atoms with Crippen LogP contribution in [0.5, 0.6) is 11.5 Å². The maximum absolute atomic E-state index is 10.6. The van der Waals surface area contributed by atoms with Crippen molar-refractivity contribution >= 4 is 23.2 Å². The molecule has 33 heavy (non-hydrogen) atoms. The molecule has 176 valence electrons. The molecule has 0 saturated carbocycles. The van der Waals surface area contributed by atoms with Crippen LogP contribution in [0.1, 0.15) is 5.56 Å². The lowest BCUT2D eigenvalue weighted by Crippen LogP contribution is -2.42.